The number of carbonyl (C=O) groups is 2. The summed E-state index contributed by atoms with van der Waals surface area (Å²) in [6.45, 7) is 1.10. The van der Waals surface area contributed by atoms with Gasteiger partial charge in [0.2, 0.25) is 17.6 Å². The third-order valence-corrected chi connectivity index (χ3v) is 5.42. The monoisotopic (exact) mass is 434 g/mol. The number of amides is 3. The van der Waals surface area contributed by atoms with E-state index in [0.29, 0.717) is 31.2 Å². The lowest BCUT2D eigenvalue weighted by molar-refractivity contribution is -0.134. The number of urea groups is 1. The molecule has 0 unspecified atom stereocenters. The third-order valence-electron chi connectivity index (χ3n) is 5.42. The number of carbonyl (C=O) groups excluding carboxylic acids is 2. The highest BCUT2D eigenvalue weighted by molar-refractivity contribution is 5.89. The molecule has 2 aromatic heterocycles. The Labute approximate surface area is 186 Å². The van der Waals surface area contributed by atoms with Gasteiger partial charge in [-0.2, -0.15) is 4.98 Å². The number of likely N-dealkylation sites (tertiary alicyclic amines) is 1. The first-order valence-corrected chi connectivity index (χ1v) is 10.8. The van der Waals surface area contributed by atoms with E-state index in [2.05, 4.69) is 25.8 Å². The van der Waals surface area contributed by atoms with E-state index < -0.39 is 0 Å². The zero-order valence-corrected chi connectivity index (χ0v) is 17.7. The van der Waals surface area contributed by atoms with Crippen LogP contribution in [0.3, 0.4) is 0 Å². The highest BCUT2D eigenvalue weighted by Crippen LogP contribution is 2.19. The molecule has 1 aromatic carbocycles. The van der Waals surface area contributed by atoms with Crippen LogP contribution in [-0.2, 0) is 11.2 Å². The number of rotatable bonds is 7. The summed E-state index contributed by atoms with van der Waals surface area (Å²) in [6, 6.07) is 12.6. The Morgan fingerprint density at radius 1 is 1.12 bits per heavy atom. The van der Waals surface area contributed by atoms with Gasteiger partial charge in [-0.05, 0) is 43.5 Å². The lowest BCUT2D eigenvalue weighted by Crippen LogP contribution is -2.50. The average Bonchev–Trinajstić information content (AvgIpc) is 3.32. The molecule has 166 valence electrons. The van der Waals surface area contributed by atoms with Gasteiger partial charge in [-0.25, -0.2) is 4.79 Å². The van der Waals surface area contributed by atoms with Crippen molar-refractivity contribution in [2.24, 2.45) is 0 Å². The maximum atomic E-state index is 12.9. The number of hydrogen-bond acceptors (Lipinski definition) is 6. The van der Waals surface area contributed by atoms with Crippen molar-refractivity contribution < 1.29 is 14.1 Å². The van der Waals surface area contributed by atoms with Crippen LogP contribution < -0.4 is 10.6 Å². The van der Waals surface area contributed by atoms with Crippen LogP contribution in [0, 0.1) is 0 Å². The number of para-hydroxylation sites is 1. The molecule has 1 aliphatic heterocycles. The molecule has 1 fully saturated rings. The highest BCUT2D eigenvalue weighted by atomic mass is 16.5. The number of nitrogens with zero attached hydrogens (tertiary/aromatic N) is 4. The minimum absolute atomic E-state index is 0.0218. The van der Waals surface area contributed by atoms with Crippen molar-refractivity contribution in [2.45, 2.75) is 38.1 Å². The molecular formula is C23H26N6O3. The highest BCUT2D eigenvalue weighted by Gasteiger charge is 2.27. The number of piperidine rings is 1. The van der Waals surface area contributed by atoms with Crippen molar-refractivity contribution in [1.29, 1.82) is 0 Å². The second-order valence-corrected chi connectivity index (χ2v) is 7.69. The zero-order valence-electron chi connectivity index (χ0n) is 17.7. The predicted molar refractivity (Wildman–Crippen MR) is 119 cm³/mol. The van der Waals surface area contributed by atoms with E-state index in [9.17, 15) is 9.59 Å². The number of aryl methyl sites for hydroxylation is 1. The Morgan fingerprint density at radius 3 is 2.81 bits per heavy atom. The summed E-state index contributed by atoms with van der Waals surface area (Å²) in [5, 5.41) is 9.66. The lowest BCUT2D eigenvalue weighted by Gasteiger charge is -2.36. The molecule has 2 N–H and O–H groups in total. The molecule has 0 bridgehead atoms. The van der Waals surface area contributed by atoms with Gasteiger partial charge in [0.15, 0.2) is 0 Å². The summed E-state index contributed by atoms with van der Waals surface area (Å²) in [5.74, 6) is 0.914. The summed E-state index contributed by atoms with van der Waals surface area (Å²) in [4.78, 5) is 35.4. The standard InChI is InChI=1S/C23H26N6O3/c30-21(12-11-20-27-22(28-32-20)17-7-6-13-24-15-17)29-14-5-4-10-19(29)16-25-23(31)26-18-8-2-1-3-9-18/h1-3,6-9,13,15,19H,4-5,10-12,14,16H2,(H2,25,26,31)/t19-/m0/s1. The predicted octanol–water partition coefficient (Wildman–Crippen LogP) is 3.27. The Balaban J connectivity index is 1.28. The number of pyridine rings is 1. The lowest BCUT2D eigenvalue weighted by atomic mass is 10.0. The molecule has 1 saturated heterocycles. The number of anilines is 1. The number of nitrogens with one attached hydrogen (secondary N) is 2. The van der Waals surface area contributed by atoms with Crippen molar-refractivity contribution in [3.05, 3.63) is 60.7 Å². The van der Waals surface area contributed by atoms with E-state index in [1.165, 1.54) is 0 Å². The molecule has 3 heterocycles. The van der Waals surface area contributed by atoms with Gasteiger partial charge in [0.1, 0.15) is 0 Å². The first-order valence-electron chi connectivity index (χ1n) is 10.8. The van der Waals surface area contributed by atoms with Crippen molar-refractivity contribution in [1.82, 2.24) is 25.3 Å². The molecule has 3 amide bonds. The van der Waals surface area contributed by atoms with Crippen molar-refractivity contribution in [2.75, 3.05) is 18.4 Å². The van der Waals surface area contributed by atoms with E-state index in [1.54, 1.807) is 18.5 Å². The Bertz CT molecular complexity index is 1020. The van der Waals surface area contributed by atoms with Crippen molar-refractivity contribution >= 4 is 17.6 Å². The van der Waals surface area contributed by atoms with Crippen molar-refractivity contribution in [3.63, 3.8) is 0 Å². The maximum Gasteiger partial charge on any atom is 0.319 e. The van der Waals surface area contributed by atoms with Crippen LogP contribution >= 0.6 is 0 Å². The first-order chi connectivity index (χ1) is 15.7. The van der Waals surface area contributed by atoms with Gasteiger partial charge >= 0.3 is 6.03 Å². The largest absolute Gasteiger partial charge is 0.339 e. The maximum absolute atomic E-state index is 12.9. The molecule has 32 heavy (non-hydrogen) atoms. The minimum atomic E-state index is -0.275. The van der Waals surface area contributed by atoms with Crippen LogP contribution in [0.25, 0.3) is 11.4 Å². The molecule has 9 heteroatoms. The summed E-state index contributed by atoms with van der Waals surface area (Å²) < 4.78 is 5.29. The normalized spacial score (nSPS) is 15.9. The van der Waals surface area contributed by atoms with Crippen LogP contribution in [0.15, 0.2) is 59.4 Å². The fraction of sp³-hybridized carbons (Fsp3) is 0.348. The van der Waals surface area contributed by atoms with Crippen LogP contribution in [0.4, 0.5) is 10.5 Å². The molecule has 4 rings (SSSR count). The topological polar surface area (TPSA) is 113 Å². The molecule has 9 nitrogen and oxygen atoms in total. The average molecular weight is 435 g/mol. The van der Waals surface area contributed by atoms with E-state index >= 15 is 0 Å². The zero-order chi connectivity index (χ0) is 22.2. The van der Waals surface area contributed by atoms with E-state index in [0.717, 1.165) is 30.5 Å². The third kappa shape index (κ3) is 5.69. The minimum Gasteiger partial charge on any atom is -0.339 e. The smallest absolute Gasteiger partial charge is 0.319 e. The van der Waals surface area contributed by atoms with Crippen LogP contribution in [-0.4, -0.2) is 51.1 Å². The fourth-order valence-electron chi connectivity index (χ4n) is 3.77. The van der Waals surface area contributed by atoms with E-state index in [-0.39, 0.29) is 24.4 Å². The molecule has 0 spiro atoms. The summed E-state index contributed by atoms with van der Waals surface area (Å²) in [6.07, 6.45) is 6.86. The van der Waals surface area contributed by atoms with Gasteiger partial charge in [0, 0.05) is 55.6 Å². The van der Waals surface area contributed by atoms with Crippen molar-refractivity contribution in [3.8, 4) is 11.4 Å². The first kappa shape index (κ1) is 21.5. The summed E-state index contributed by atoms with van der Waals surface area (Å²) in [5.41, 5.74) is 1.50. The Kier molecular flexibility index (Phi) is 7.06. The van der Waals surface area contributed by atoms with Gasteiger partial charge < -0.3 is 20.1 Å². The van der Waals surface area contributed by atoms with Gasteiger partial charge in [-0.3, -0.25) is 9.78 Å². The van der Waals surface area contributed by atoms with Gasteiger partial charge in [0.25, 0.3) is 0 Å². The molecule has 0 radical (unpaired) electrons. The van der Waals surface area contributed by atoms with E-state index in [1.807, 2.05) is 41.3 Å². The number of benzene rings is 1. The second kappa shape index (κ2) is 10.5. The van der Waals surface area contributed by atoms with Crippen LogP contribution in [0.2, 0.25) is 0 Å². The van der Waals surface area contributed by atoms with Gasteiger partial charge in [-0.1, -0.05) is 23.4 Å². The van der Waals surface area contributed by atoms with Gasteiger partial charge in [0.05, 0.1) is 0 Å². The van der Waals surface area contributed by atoms with E-state index in [4.69, 9.17) is 4.52 Å². The second-order valence-electron chi connectivity index (χ2n) is 7.69. The molecule has 3 aromatic rings. The quantitative estimate of drug-likeness (QED) is 0.590. The van der Waals surface area contributed by atoms with Gasteiger partial charge in [-0.15, -0.1) is 0 Å². The molecule has 0 aliphatic carbocycles. The molecule has 1 atom stereocenters. The summed E-state index contributed by atoms with van der Waals surface area (Å²) in [7, 11) is 0. The fourth-order valence-corrected chi connectivity index (χ4v) is 3.77. The van der Waals surface area contributed by atoms with Crippen LogP contribution in [0.1, 0.15) is 31.6 Å². The Hall–Kier alpha value is -3.75. The number of aromatic nitrogens is 3. The Morgan fingerprint density at radius 2 is 2.00 bits per heavy atom. The molecule has 1 aliphatic rings. The molecular weight excluding hydrogens is 408 g/mol. The molecule has 0 saturated carbocycles. The van der Waals surface area contributed by atoms with Crippen LogP contribution in [0.5, 0.6) is 0 Å². The summed E-state index contributed by atoms with van der Waals surface area (Å²) >= 11 is 0. The SMILES string of the molecule is O=C(NC[C@@H]1CCCCN1C(=O)CCc1nc(-c2cccnc2)no1)Nc1ccccc1. The number of hydrogen-bond donors (Lipinski definition) is 2.